The molecule has 38 heavy (non-hydrogen) atoms. The molecule has 0 atom stereocenters. The normalized spacial score (nSPS) is 10.3. The molecule has 0 radical (unpaired) electrons. The van der Waals surface area contributed by atoms with Crippen LogP contribution in [0.5, 0.6) is 0 Å². The minimum atomic E-state index is -0.856. The molecule has 2 rings (SSSR count). The summed E-state index contributed by atoms with van der Waals surface area (Å²) in [6.45, 7) is 15.7. The standard InChI is InChI=1S/2C11H14O2.2C4H8O2/c2*1-11(2,3)9-7-5-4-6-8(9)10(12)13;2*1-2-3-4(5)6/h2*4-7H,1-3H3,(H,12,13);2*2-3H2,1H3,(H,5,6). The Bertz CT molecular complexity index is 944. The van der Waals surface area contributed by atoms with Gasteiger partial charge < -0.3 is 20.4 Å². The van der Waals surface area contributed by atoms with Crippen LogP contribution in [0.4, 0.5) is 0 Å². The first-order valence-electron chi connectivity index (χ1n) is 12.5. The summed E-state index contributed by atoms with van der Waals surface area (Å²) >= 11 is 0. The quantitative estimate of drug-likeness (QED) is 0.307. The van der Waals surface area contributed by atoms with E-state index in [0.29, 0.717) is 24.0 Å². The van der Waals surface area contributed by atoms with Gasteiger partial charge in [-0.25, -0.2) is 9.59 Å². The number of benzene rings is 2. The van der Waals surface area contributed by atoms with Crippen molar-refractivity contribution in [1.29, 1.82) is 0 Å². The molecule has 0 bridgehead atoms. The van der Waals surface area contributed by atoms with E-state index in [-0.39, 0.29) is 10.8 Å². The molecule has 8 nitrogen and oxygen atoms in total. The van der Waals surface area contributed by atoms with E-state index in [0.717, 1.165) is 24.0 Å². The van der Waals surface area contributed by atoms with Crippen molar-refractivity contribution in [2.24, 2.45) is 0 Å². The molecule has 0 aliphatic carbocycles. The molecule has 0 aliphatic rings. The monoisotopic (exact) mass is 532 g/mol. The maximum atomic E-state index is 10.9. The molecule has 2 aromatic carbocycles. The molecule has 0 heterocycles. The Morgan fingerprint density at radius 2 is 0.816 bits per heavy atom. The van der Waals surface area contributed by atoms with E-state index >= 15 is 0 Å². The average molecular weight is 533 g/mol. The fourth-order valence-corrected chi connectivity index (χ4v) is 3.07. The van der Waals surface area contributed by atoms with Crippen LogP contribution in [-0.4, -0.2) is 44.3 Å². The van der Waals surface area contributed by atoms with Crippen LogP contribution in [0, 0.1) is 0 Å². The summed E-state index contributed by atoms with van der Waals surface area (Å²) < 4.78 is 0. The zero-order chi connectivity index (χ0) is 30.1. The minimum Gasteiger partial charge on any atom is -0.481 e. The van der Waals surface area contributed by atoms with Gasteiger partial charge in [0.15, 0.2) is 0 Å². The Labute approximate surface area is 226 Å². The van der Waals surface area contributed by atoms with Crippen molar-refractivity contribution < 1.29 is 39.6 Å². The molecule has 0 aliphatic heterocycles. The van der Waals surface area contributed by atoms with Crippen molar-refractivity contribution in [1.82, 2.24) is 0 Å². The third-order valence-corrected chi connectivity index (χ3v) is 4.86. The van der Waals surface area contributed by atoms with Gasteiger partial charge in [-0.1, -0.05) is 91.8 Å². The molecule has 4 N–H and O–H groups in total. The Morgan fingerprint density at radius 1 is 0.553 bits per heavy atom. The second-order valence-electron chi connectivity index (χ2n) is 10.5. The third-order valence-electron chi connectivity index (χ3n) is 4.86. The predicted molar refractivity (Wildman–Crippen MR) is 149 cm³/mol. The van der Waals surface area contributed by atoms with Crippen molar-refractivity contribution in [3.05, 3.63) is 70.8 Å². The topological polar surface area (TPSA) is 149 Å². The van der Waals surface area contributed by atoms with Crippen LogP contribution in [0.1, 0.15) is 113 Å². The van der Waals surface area contributed by atoms with Gasteiger partial charge in [-0.15, -0.1) is 0 Å². The molecule has 0 fully saturated rings. The van der Waals surface area contributed by atoms with Crippen LogP contribution in [0.15, 0.2) is 48.5 Å². The summed E-state index contributed by atoms with van der Waals surface area (Å²) in [6, 6.07) is 14.2. The van der Waals surface area contributed by atoms with Crippen LogP contribution >= 0.6 is 0 Å². The van der Waals surface area contributed by atoms with Crippen LogP contribution in [0.3, 0.4) is 0 Å². The Hall–Kier alpha value is -3.68. The van der Waals surface area contributed by atoms with Crippen molar-refractivity contribution in [2.45, 2.75) is 91.9 Å². The smallest absolute Gasteiger partial charge is 0.335 e. The Morgan fingerprint density at radius 3 is 0.947 bits per heavy atom. The molecular weight excluding hydrogens is 488 g/mol. The summed E-state index contributed by atoms with van der Waals surface area (Å²) in [6.07, 6.45) is 2.05. The van der Waals surface area contributed by atoms with E-state index < -0.39 is 23.9 Å². The highest BCUT2D eigenvalue weighted by molar-refractivity contribution is 5.90. The van der Waals surface area contributed by atoms with Crippen LogP contribution in [0.25, 0.3) is 0 Å². The van der Waals surface area contributed by atoms with Crippen molar-refractivity contribution in [3.8, 4) is 0 Å². The van der Waals surface area contributed by atoms with E-state index in [1.165, 1.54) is 0 Å². The van der Waals surface area contributed by atoms with Crippen molar-refractivity contribution in [2.75, 3.05) is 0 Å². The van der Waals surface area contributed by atoms with Crippen molar-refractivity contribution >= 4 is 23.9 Å². The number of aliphatic carboxylic acids is 2. The maximum absolute atomic E-state index is 10.9. The SMILES string of the molecule is CC(C)(C)c1ccccc1C(=O)O.CC(C)(C)c1ccccc1C(=O)O.CCCC(=O)O.CCCC(=O)O. The van der Waals surface area contributed by atoms with E-state index in [2.05, 4.69) is 0 Å². The third kappa shape index (κ3) is 16.1. The summed E-state index contributed by atoms with van der Waals surface area (Å²) in [7, 11) is 0. The van der Waals surface area contributed by atoms with Crippen molar-refractivity contribution in [3.63, 3.8) is 0 Å². The zero-order valence-corrected chi connectivity index (χ0v) is 23.9. The molecule has 2 aromatic rings. The summed E-state index contributed by atoms with van der Waals surface area (Å²) in [5.41, 5.74) is 2.32. The first-order valence-corrected chi connectivity index (χ1v) is 12.5. The first-order chi connectivity index (χ1) is 17.4. The molecule has 0 amide bonds. The predicted octanol–water partition coefficient (Wildman–Crippen LogP) is 7.11. The number of carboxylic acid groups (broad SMARTS) is 4. The summed E-state index contributed by atoms with van der Waals surface area (Å²) in [5, 5.41) is 33.7. The van der Waals surface area contributed by atoms with E-state index in [9.17, 15) is 19.2 Å². The second-order valence-corrected chi connectivity index (χ2v) is 10.5. The lowest BCUT2D eigenvalue weighted by Gasteiger charge is -2.20. The highest BCUT2D eigenvalue weighted by Gasteiger charge is 2.21. The number of carboxylic acids is 4. The molecule has 0 saturated heterocycles. The molecular formula is C30H44O8. The number of hydrogen-bond donors (Lipinski definition) is 4. The van der Waals surface area contributed by atoms with Gasteiger partial charge in [-0.3, -0.25) is 9.59 Å². The molecule has 0 saturated carbocycles. The fraction of sp³-hybridized carbons (Fsp3) is 0.467. The first kappa shape index (κ1) is 36.5. The van der Waals surface area contributed by atoms with E-state index in [1.807, 2.05) is 79.7 Å². The van der Waals surface area contributed by atoms with E-state index in [1.54, 1.807) is 24.3 Å². The highest BCUT2D eigenvalue weighted by Crippen LogP contribution is 2.26. The molecule has 0 unspecified atom stereocenters. The van der Waals surface area contributed by atoms with Gasteiger partial charge in [-0.2, -0.15) is 0 Å². The minimum absolute atomic E-state index is 0.116. The lowest BCUT2D eigenvalue weighted by molar-refractivity contribution is -0.138. The molecule has 8 heteroatoms. The Balaban J connectivity index is 0. The number of rotatable bonds is 6. The maximum Gasteiger partial charge on any atom is 0.335 e. The van der Waals surface area contributed by atoms with Crippen LogP contribution in [0.2, 0.25) is 0 Å². The number of aromatic carboxylic acids is 2. The zero-order valence-electron chi connectivity index (χ0n) is 23.9. The summed E-state index contributed by atoms with van der Waals surface area (Å²) in [5.74, 6) is -3.13. The van der Waals surface area contributed by atoms with Crippen LogP contribution < -0.4 is 0 Å². The van der Waals surface area contributed by atoms with Gasteiger partial charge >= 0.3 is 23.9 Å². The van der Waals surface area contributed by atoms with Crippen LogP contribution in [-0.2, 0) is 20.4 Å². The molecule has 0 aromatic heterocycles. The highest BCUT2D eigenvalue weighted by atomic mass is 16.4. The summed E-state index contributed by atoms with van der Waals surface area (Å²) in [4.78, 5) is 40.9. The van der Waals surface area contributed by atoms with Gasteiger partial charge in [0, 0.05) is 12.8 Å². The average Bonchev–Trinajstić information content (AvgIpc) is 2.79. The largest absolute Gasteiger partial charge is 0.481 e. The fourth-order valence-electron chi connectivity index (χ4n) is 3.07. The number of carbonyl (C=O) groups is 4. The second kappa shape index (κ2) is 17.7. The Kier molecular flexibility index (Phi) is 17.0. The van der Waals surface area contributed by atoms with E-state index in [4.69, 9.17) is 20.4 Å². The lowest BCUT2D eigenvalue weighted by Crippen LogP contribution is -2.16. The van der Waals surface area contributed by atoms with Gasteiger partial charge in [0.05, 0.1) is 11.1 Å². The molecule has 212 valence electrons. The van der Waals surface area contributed by atoms with Gasteiger partial charge in [-0.05, 0) is 46.9 Å². The lowest BCUT2D eigenvalue weighted by atomic mass is 9.84. The number of hydrogen-bond acceptors (Lipinski definition) is 4. The van der Waals surface area contributed by atoms with Gasteiger partial charge in [0.2, 0.25) is 0 Å². The van der Waals surface area contributed by atoms with Gasteiger partial charge in [0.25, 0.3) is 0 Å². The molecule has 0 spiro atoms. The van der Waals surface area contributed by atoms with Gasteiger partial charge in [0.1, 0.15) is 0 Å².